The topological polar surface area (TPSA) is 96.7 Å². The normalized spacial score (nSPS) is 11.0. The molecular formula is C23H17N5O2S. The Labute approximate surface area is 181 Å². The van der Waals surface area contributed by atoms with Gasteiger partial charge in [-0.2, -0.15) is 5.10 Å². The third-order valence-electron chi connectivity index (χ3n) is 4.89. The van der Waals surface area contributed by atoms with E-state index in [-0.39, 0.29) is 17.0 Å². The summed E-state index contributed by atoms with van der Waals surface area (Å²) in [5, 5.41) is 15.2. The van der Waals surface area contributed by atoms with Gasteiger partial charge in [-0.25, -0.2) is 9.67 Å². The predicted octanol–water partition coefficient (Wildman–Crippen LogP) is 4.20. The first-order valence-corrected chi connectivity index (χ1v) is 10.4. The molecule has 0 aliphatic rings. The van der Waals surface area contributed by atoms with Crippen LogP contribution in [-0.2, 0) is 0 Å². The van der Waals surface area contributed by atoms with E-state index in [0.717, 1.165) is 11.0 Å². The molecule has 31 heavy (non-hydrogen) atoms. The minimum absolute atomic E-state index is 0.118. The second kappa shape index (κ2) is 7.66. The number of benzene rings is 2. The van der Waals surface area contributed by atoms with Crippen LogP contribution in [0.4, 0.5) is 0 Å². The summed E-state index contributed by atoms with van der Waals surface area (Å²) < 4.78 is 6.68. The van der Waals surface area contributed by atoms with Crippen LogP contribution in [0.15, 0.2) is 72.1 Å². The Morgan fingerprint density at radius 1 is 1.10 bits per heavy atom. The molecular weight excluding hydrogens is 410 g/mol. The molecule has 0 spiro atoms. The van der Waals surface area contributed by atoms with Gasteiger partial charge in [0.05, 0.1) is 34.3 Å². The molecule has 3 aromatic heterocycles. The Morgan fingerprint density at radius 2 is 1.90 bits per heavy atom. The highest BCUT2D eigenvalue weighted by Gasteiger charge is 2.19. The molecule has 7 nitrogen and oxygen atoms in total. The van der Waals surface area contributed by atoms with Crippen LogP contribution in [0, 0.1) is 5.41 Å². The number of hydrogen-bond donors (Lipinski definition) is 2. The molecule has 2 N–H and O–H groups in total. The van der Waals surface area contributed by atoms with Crippen molar-refractivity contribution in [2.45, 2.75) is 0 Å². The summed E-state index contributed by atoms with van der Waals surface area (Å²) in [6.07, 6.45) is 0. The van der Waals surface area contributed by atoms with Crippen molar-refractivity contribution < 1.29 is 9.53 Å². The Hall–Kier alpha value is -4.04. The number of H-pyrrole nitrogens is 1. The molecule has 0 unspecified atom stereocenters. The lowest BCUT2D eigenvalue weighted by atomic mass is 10.1. The molecule has 0 radical (unpaired) electrons. The number of aromatic amines is 1. The third kappa shape index (κ3) is 3.43. The number of nitrogens with zero attached hydrogens (tertiary/aromatic N) is 3. The largest absolute Gasteiger partial charge is 0.497 e. The second-order valence-corrected chi connectivity index (χ2v) is 7.76. The molecule has 8 heteroatoms. The number of carbonyl (C=O) groups is 1. The minimum atomic E-state index is -0.199. The van der Waals surface area contributed by atoms with Crippen molar-refractivity contribution in [1.82, 2.24) is 19.7 Å². The van der Waals surface area contributed by atoms with Crippen molar-refractivity contribution in [1.29, 1.82) is 5.41 Å². The maximum absolute atomic E-state index is 13.1. The quantitative estimate of drug-likeness (QED) is 0.411. The number of carbonyl (C=O) groups excluding carboxylic acids is 1. The van der Waals surface area contributed by atoms with Crippen LogP contribution < -0.4 is 10.2 Å². The number of methoxy groups -OCH3 is 1. The van der Waals surface area contributed by atoms with Gasteiger partial charge >= 0.3 is 0 Å². The molecule has 0 fully saturated rings. The van der Waals surface area contributed by atoms with Crippen LogP contribution in [0.25, 0.3) is 28.1 Å². The van der Waals surface area contributed by atoms with E-state index in [9.17, 15) is 4.79 Å². The maximum Gasteiger partial charge on any atom is 0.223 e. The van der Waals surface area contributed by atoms with Gasteiger partial charge in [0.2, 0.25) is 5.78 Å². The number of para-hydroxylation sites is 2. The first-order valence-electron chi connectivity index (χ1n) is 9.51. The maximum atomic E-state index is 13.1. The van der Waals surface area contributed by atoms with Crippen molar-refractivity contribution >= 4 is 28.2 Å². The molecule has 0 bridgehead atoms. The molecule has 0 atom stereocenters. The molecule has 3 heterocycles. The molecule has 5 aromatic rings. The van der Waals surface area contributed by atoms with Gasteiger partial charge < -0.3 is 9.72 Å². The van der Waals surface area contributed by atoms with Gasteiger partial charge in [-0.3, -0.25) is 10.2 Å². The number of nitrogens with one attached hydrogen (secondary N) is 2. The fourth-order valence-electron chi connectivity index (χ4n) is 3.32. The van der Waals surface area contributed by atoms with Gasteiger partial charge in [-0.15, -0.1) is 11.3 Å². The van der Waals surface area contributed by atoms with Crippen LogP contribution in [0.5, 0.6) is 5.75 Å². The number of imidazole rings is 1. The van der Waals surface area contributed by atoms with Crippen LogP contribution in [0.2, 0.25) is 0 Å². The van der Waals surface area contributed by atoms with Gasteiger partial charge in [0, 0.05) is 0 Å². The molecule has 0 aliphatic heterocycles. The monoisotopic (exact) mass is 427 g/mol. The van der Waals surface area contributed by atoms with Gasteiger partial charge in [-0.1, -0.05) is 18.2 Å². The van der Waals surface area contributed by atoms with Gasteiger partial charge in [0.25, 0.3) is 0 Å². The van der Waals surface area contributed by atoms with Gasteiger partial charge in [0.15, 0.2) is 5.49 Å². The van der Waals surface area contributed by atoms with Crippen molar-refractivity contribution in [3.63, 3.8) is 0 Å². The summed E-state index contributed by atoms with van der Waals surface area (Å²) in [6.45, 7) is 0. The molecule has 152 valence electrons. The molecule has 0 aliphatic carbocycles. The fourth-order valence-corrected chi connectivity index (χ4v) is 3.99. The molecule has 0 saturated carbocycles. The lowest BCUT2D eigenvalue weighted by molar-refractivity contribution is 0.103. The smallest absolute Gasteiger partial charge is 0.223 e. The van der Waals surface area contributed by atoms with E-state index in [1.807, 2.05) is 35.7 Å². The van der Waals surface area contributed by atoms with E-state index in [1.165, 1.54) is 16.0 Å². The summed E-state index contributed by atoms with van der Waals surface area (Å²) in [7, 11) is 1.59. The van der Waals surface area contributed by atoms with Crippen molar-refractivity contribution in [2.24, 2.45) is 0 Å². The highest BCUT2D eigenvalue weighted by molar-refractivity contribution is 7.12. The zero-order valence-electron chi connectivity index (χ0n) is 16.5. The average molecular weight is 427 g/mol. The Kier molecular flexibility index (Phi) is 4.68. The predicted molar refractivity (Wildman–Crippen MR) is 119 cm³/mol. The van der Waals surface area contributed by atoms with E-state index in [1.54, 1.807) is 43.5 Å². The molecule has 2 aromatic carbocycles. The zero-order valence-corrected chi connectivity index (χ0v) is 17.3. The summed E-state index contributed by atoms with van der Waals surface area (Å²) >= 11 is 1.36. The van der Waals surface area contributed by atoms with Crippen molar-refractivity contribution in [3.05, 3.63) is 88.2 Å². The highest BCUT2D eigenvalue weighted by atomic mass is 32.1. The van der Waals surface area contributed by atoms with Crippen LogP contribution >= 0.6 is 11.3 Å². The lowest BCUT2D eigenvalue weighted by Gasteiger charge is -2.11. The molecule has 0 amide bonds. The average Bonchev–Trinajstić information content (AvgIpc) is 3.49. The van der Waals surface area contributed by atoms with Gasteiger partial charge in [0.1, 0.15) is 17.3 Å². The number of fused-ring (bicyclic) bond motifs is 1. The van der Waals surface area contributed by atoms with E-state index >= 15 is 0 Å². The zero-order chi connectivity index (χ0) is 21.4. The van der Waals surface area contributed by atoms with Gasteiger partial charge in [-0.05, 0) is 53.9 Å². The number of ether oxygens (including phenoxy) is 1. The summed E-state index contributed by atoms with van der Waals surface area (Å²) in [5.41, 5.74) is 3.13. The number of aromatic nitrogens is 4. The Bertz CT molecular complexity index is 1420. The van der Waals surface area contributed by atoms with E-state index in [2.05, 4.69) is 15.1 Å². The number of rotatable bonds is 5. The number of ketones is 1. The summed E-state index contributed by atoms with van der Waals surface area (Å²) in [5.74, 6) is 1.00. The second-order valence-electron chi connectivity index (χ2n) is 6.81. The van der Waals surface area contributed by atoms with E-state index in [0.29, 0.717) is 27.7 Å². The van der Waals surface area contributed by atoms with Crippen molar-refractivity contribution in [3.8, 4) is 22.8 Å². The van der Waals surface area contributed by atoms with E-state index in [4.69, 9.17) is 10.1 Å². The van der Waals surface area contributed by atoms with E-state index < -0.39 is 0 Å². The third-order valence-corrected chi connectivity index (χ3v) is 5.76. The number of thiophene rings is 1. The lowest BCUT2D eigenvalue weighted by Crippen LogP contribution is -2.26. The molecule has 5 rings (SSSR count). The van der Waals surface area contributed by atoms with Crippen LogP contribution in [0.1, 0.15) is 15.4 Å². The van der Waals surface area contributed by atoms with Crippen LogP contribution in [-0.4, -0.2) is 32.6 Å². The Morgan fingerprint density at radius 3 is 2.61 bits per heavy atom. The standard InChI is InChI=1S/C23H17N5O2S/c1-30-15-10-8-14(9-11-15)28-22(24)16(23-25-17-5-2-3-6-18(17)26-23)13-19(27-28)21(29)20-7-4-12-31-20/h2-13,24H,1H3,(H,25,26). The first kappa shape index (κ1) is 19.0. The summed E-state index contributed by atoms with van der Waals surface area (Å²) in [4.78, 5) is 21.5. The summed E-state index contributed by atoms with van der Waals surface area (Å²) in [6, 6.07) is 20.0. The number of hydrogen-bond acceptors (Lipinski definition) is 6. The van der Waals surface area contributed by atoms with Crippen LogP contribution in [0.3, 0.4) is 0 Å². The minimum Gasteiger partial charge on any atom is -0.497 e. The fraction of sp³-hybridized carbons (Fsp3) is 0.0435. The SMILES string of the molecule is COc1ccc(-n2nc(C(=O)c3cccs3)cc(-c3nc4ccccc4[nH]3)c2=N)cc1. The highest BCUT2D eigenvalue weighted by Crippen LogP contribution is 2.21. The molecule has 0 saturated heterocycles. The first-order chi connectivity index (χ1) is 15.1. The van der Waals surface area contributed by atoms with Crippen molar-refractivity contribution in [2.75, 3.05) is 7.11 Å². The Balaban J connectivity index is 1.73.